The molecular formula is C18H24BN3O7. The number of amides is 2. The van der Waals surface area contributed by atoms with Crippen molar-refractivity contribution in [2.75, 3.05) is 13.1 Å². The molecule has 0 spiro atoms. The summed E-state index contributed by atoms with van der Waals surface area (Å²) in [4.78, 5) is 36.0. The zero-order valence-electron chi connectivity index (χ0n) is 15.9. The molecule has 1 unspecified atom stereocenters. The van der Waals surface area contributed by atoms with E-state index in [4.69, 9.17) is 16.2 Å². The summed E-state index contributed by atoms with van der Waals surface area (Å²) in [6.45, 7) is 0.516. The third-order valence-corrected chi connectivity index (χ3v) is 4.66. The van der Waals surface area contributed by atoms with Gasteiger partial charge in [0, 0.05) is 12.5 Å². The first-order valence-corrected chi connectivity index (χ1v) is 9.23. The van der Waals surface area contributed by atoms with Crippen molar-refractivity contribution >= 4 is 24.9 Å². The van der Waals surface area contributed by atoms with Crippen molar-refractivity contribution in [3.63, 3.8) is 0 Å². The molecule has 1 aromatic rings. The molecule has 0 aromatic heterocycles. The number of benzene rings is 1. The third-order valence-electron chi connectivity index (χ3n) is 4.66. The van der Waals surface area contributed by atoms with Gasteiger partial charge in [0.1, 0.15) is 0 Å². The summed E-state index contributed by atoms with van der Waals surface area (Å²) in [5, 5.41) is 19.6. The number of carbonyl (C=O) groups is 3. The van der Waals surface area contributed by atoms with Crippen molar-refractivity contribution in [3.8, 4) is 11.5 Å². The minimum absolute atomic E-state index is 0.000103. The Labute approximate surface area is 168 Å². The fourth-order valence-corrected chi connectivity index (χ4v) is 3.02. The number of carbonyl (C=O) groups excluding carboxylic acids is 2. The quantitative estimate of drug-likeness (QED) is 0.362. The van der Waals surface area contributed by atoms with Crippen LogP contribution < -0.4 is 16.2 Å². The van der Waals surface area contributed by atoms with E-state index >= 15 is 0 Å². The summed E-state index contributed by atoms with van der Waals surface area (Å²) < 4.78 is 16.2. The first kappa shape index (κ1) is 22.3. The number of hydrogen-bond donors (Lipinski definition) is 4. The Balaban J connectivity index is 1.93. The number of aryl methyl sites for hydroxylation is 1. The predicted octanol–water partition coefficient (Wildman–Crippen LogP) is -0.327. The SMILES string of the molecule is NC(=O)CCC(N)CC(=O)N1CC(Oc2ccc(CCB=O)c(O)c2C(=O)O)C1. The second-order valence-electron chi connectivity index (χ2n) is 6.96. The summed E-state index contributed by atoms with van der Waals surface area (Å²) in [5.74, 6) is -2.44. The number of rotatable bonds is 11. The van der Waals surface area contributed by atoms with Gasteiger partial charge >= 0.3 is 126 Å². The maximum atomic E-state index is 12.2. The van der Waals surface area contributed by atoms with E-state index in [1.54, 1.807) is 0 Å². The second kappa shape index (κ2) is 10.0. The Bertz CT molecular complexity index is 796. The van der Waals surface area contributed by atoms with Crippen LogP contribution in [0.5, 0.6) is 11.5 Å². The molecule has 2 amide bonds. The topological polar surface area (TPSA) is 173 Å². The molecule has 6 N–H and O–H groups in total. The van der Waals surface area contributed by atoms with Gasteiger partial charge in [0.2, 0.25) is 5.91 Å². The van der Waals surface area contributed by atoms with Crippen LogP contribution in [0.1, 0.15) is 35.2 Å². The average Bonchev–Trinajstić information content (AvgIpc) is 2.61. The van der Waals surface area contributed by atoms with Gasteiger partial charge in [-0.2, -0.15) is 0 Å². The van der Waals surface area contributed by atoms with Crippen molar-refractivity contribution in [3.05, 3.63) is 23.3 Å². The van der Waals surface area contributed by atoms with Crippen LogP contribution in [0, 0.1) is 0 Å². The summed E-state index contributed by atoms with van der Waals surface area (Å²) in [6.07, 6.45) is 0.481. The third kappa shape index (κ3) is 6.01. The summed E-state index contributed by atoms with van der Waals surface area (Å²) >= 11 is 0. The molecule has 1 aromatic carbocycles. The van der Waals surface area contributed by atoms with Crippen molar-refractivity contribution < 1.29 is 34.0 Å². The van der Waals surface area contributed by atoms with Gasteiger partial charge in [-0.25, -0.2) is 0 Å². The van der Waals surface area contributed by atoms with E-state index in [-0.39, 0.29) is 55.9 Å². The zero-order chi connectivity index (χ0) is 21.6. The monoisotopic (exact) mass is 405 g/mol. The van der Waals surface area contributed by atoms with Gasteiger partial charge in [-0.05, 0) is 6.42 Å². The Hall–Kier alpha value is -2.95. The zero-order valence-corrected chi connectivity index (χ0v) is 15.9. The van der Waals surface area contributed by atoms with Gasteiger partial charge in [0.25, 0.3) is 0 Å². The average molecular weight is 405 g/mol. The van der Waals surface area contributed by atoms with Crippen LogP contribution >= 0.6 is 0 Å². The number of aromatic hydroxyl groups is 1. The summed E-state index contributed by atoms with van der Waals surface area (Å²) in [5.41, 5.74) is 10.8. The van der Waals surface area contributed by atoms with Crippen molar-refractivity contribution in [2.45, 2.75) is 44.1 Å². The molecule has 156 valence electrons. The molecular weight excluding hydrogens is 381 g/mol. The number of phenols is 1. The van der Waals surface area contributed by atoms with Crippen LogP contribution in [0.25, 0.3) is 0 Å². The van der Waals surface area contributed by atoms with Crippen LogP contribution in [-0.4, -0.2) is 65.3 Å². The molecule has 11 heteroatoms. The fourth-order valence-electron chi connectivity index (χ4n) is 3.02. The minimum atomic E-state index is -1.35. The van der Waals surface area contributed by atoms with Gasteiger partial charge in [0.15, 0.2) is 0 Å². The molecule has 1 atom stereocenters. The van der Waals surface area contributed by atoms with E-state index in [2.05, 4.69) is 0 Å². The van der Waals surface area contributed by atoms with E-state index in [9.17, 15) is 29.3 Å². The number of nitrogens with two attached hydrogens (primary N) is 2. The van der Waals surface area contributed by atoms with Crippen LogP contribution in [0.15, 0.2) is 12.1 Å². The van der Waals surface area contributed by atoms with Gasteiger partial charge < -0.3 is 11.5 Å². The van der Waals surface area contributed by atoms with E-state index < -0.39 is 29.8 Å². The normalized spacial score (nSPS) is 14.6. The summed E-state index contributed by atoms with van der Waals surface area (Å²) in [6, 6.07) is 2.48. The van der Waals surface area contributed by atoms with E-state index in [0.717, 1.165) is 0 Å². The van der Waals surface area contributed by atoms with Crippen molar-refractivity contribution in [2.24, 2.45) is 11.5 Å². The van der Waals surface area contributed by atoms with Crippen LogP contribution in [-0.2, 0) is 20.7 Å². The molecule has 0 bridgehead atoms. The number of carboxylic acids is 1. The Morgan fingerprint density at radius 2 is 2.00 bits per heavy atom. The number of likely N-dealkylation sites (tertiary alicyclic amines) is 1. The van der Waals surface area contributed by atoms with Crippen molar-refractivity contribution in [1.82, 2.24) is 4.90 Å². The fraction of sp³-hybridized carbons (Fsp3) is 0.500. The second-order valence-corrected chi connectivity index (χ2v) is 6.96. The first-order chi connectivity index (χ1) is 13.7. The molecule has 1 heterocycles. The number of carboxylic acid groups (broad SMARTS) is 1. The van der Waals surface area contributed by atoms with E-state index in [0.29, 0.717) is 19.1 Å². The van der Waals surface area contributed by atoms with Gasteiger partial charge in [-0.1, -0.05) is 0 Å². The molecule has 2 rings (SSSR count). The van der Waals surface area contributed by atoms with Gasteiger partial charge in [0.05, 0.1) is 0 Å². The maximum absolute atomic E-state index is 12.2. The van der Waals surface area contributed by atoms with E-state index in [1.165, 1.54) is 17.0 Å². The molecule has 1 saturated heterocycles. The number of ether oxygens (including phenoxy) is 1. The molecule has 0 radical (unpaired) electrons. The molecule has 0 aliphatic carbocycles. The molecule has 0 saturated carbocycles. The van der Waals surface area contributed by atoms with Crippen LogP contribution in [0.3, 0.4) is 0 Å². The Morgan fingerprint density at radius 1 is 1.31 bits per heavy atom. The number of hydrogen-bond acceptors (Lipinski definition) is 7. The van der Waals surface area contributed by atoms with E-state index in [1.807, 2.05) is 0 Å². The number of aromatic carboxylic acids is 1. The Morgan fingerprint density at radius 3 is 2.59 bits per heavy atom. The van der Waals surface area contributed by atoms with Crippen LogP contribution in [0.2, 0.25) is 6.32 Å². The molecule has 1 aliphatic rings. The molecule has 29 heavy (non-hydrogen) atoms. The first-order valence-electron chi connectivity index (χ1n) is 9.23. The Kier molecular flexibility index (Phi) is 7.71. The molecule has 1 fully saturated rings. The summed E-state index contributed by atoms with van der Waals surface area (Å²) in [7, 11) is 0.685. The predicted molar refractivity (Wildman–Crippen MR) is 102 cm³/mol. The molecule has 1 aliphatic heterocycles. The van der Waals surface area contributed by atoms with Gasteiger partial charge in [-0.3, -0.25) is 4.79 Å². The number of nitrogens with zero attached hydrogens (tertiary/aromatic N) is 1. The number of primary amides is 1. The molecule has 10 nitrogen and oxygen atoms in total. The standard InChI is InChI=1S/C18H24BN3O7/c20-11(2-4-14(21)23)7-15(24)22-8-12(9-22)29-13-3-1-10(5-6-19-28)17(25)16(13)18(26)27/h1,3,11-12,25H,2,4-9,20H2,(H2,21,23)(H,26,27). The van der Waals surface area contributed by atoms with Crippen LogP contribution in [0.4, 0.5) is 0 Å². The van der Waals surface area contributed by atoms with Crippen molar-refractivity contribution in [1.29, 1.82) is 0 Å². The van der Waals surface area contributed by atoms with Gasteiger partial charge in [-0.15, -0.1) is 0 Å².